The molecule has 0 saturated heterocycles. The maximum Gasteiger partial charge on any atom is 0.162 e. The Balaban J connectivity index is 2.18. The van der Waals surface area contributed by atoms with Gasteiger partial charge in [0.15, 0.2) is 11.5 Å². The second-order valence-electron chi connectivity index (χ2n) is 3.71. The Morgan fingerprint density at radius 2 is 2.00 bits per heavy atom. The molecular weight excluding hydrogens is 204 g/mol. The molecule has 3 heteroatoms. The smallest absolute Gasteiger partial charge is 0.162 e. The van der Waals surface area contributed by atoms with Gasteiger partial charge in [-0.2, -0.15) is 0 Å². The Bertz CT molecular complexity index is 402. The molecule has 0 bridgehead atoms. The molecule has 0 atom stereocenters. The van der Waals surface area contributed by atoms with Crippen LogP contribution < -0.4 is 9.47 Å². The molecular formula is C13H14O3. The average molecular weight is 218 g/mol. The summed E-state index contributed by atoms with van der Waals surface area (Å²) in [5.41, 5.74) is 0.599. The molecule has 0 aliphatic heterocycles. The molecule has 0 aromatic heterocycles. The molecule has 84 valence electrons. The number of benzene rings is 1. The van der Waals surface area contributed by atoms with Crippen LogP contribution in [-0.2, 0) is 0 Å². The van der Waals surface area contributed by atoms with E-state index in [9.17, 15) is 4.79 Å². The molecule has 0 fully saturated rings. The number of carbonyl (C=O) groups is 1. The van der Waals surface area contributed by atoms with Gasteiger partial charge in [0.05, 0.1) is 7.11 Å². The van der Waals surface area contributed by atoms with Crippen LogP contribution in [-0.4, -0.2) is 19.5 Å². The zero-order chi connectivity index (χ0) is 11.4. The lowest BCUT2D eigenvalue weighted by Gasteiger charge is -2.16. The highest BCUT2D eigenvalue weighted by Gasteiger charge is 2.14. The van der Waals surface area contributed by atoms with Gasteiger partial charge < -0.3 is 9.47 Å². The molecule has 1 aromatic carbocycles. The Labute approximate surface area is 94.7 Å². The van der Waals surface area contributed by atoms with E-state index in [4.69, 9.17) is 9.47 Å². The predicted octanol–water partition coefficient (Wildman–Crippen LogP) is 2.61. The summed E-state index contributed by atoms with van der Waals surface area (Å²) in [6.45, 7) is 0. The number of hydrogen-bond donors (Lipinski definition) is 0. The summed E-state index contributed by atoms with van der Waals surface area (Å²) in [5, 5.41) is 0. The summed E-state index contributed by atoms with van der Waals surface area (Å²) in [6.07, 6.45) is 6.99. The first-order valence-corrected chi connectivity index (χ1v) is 5.28. The number of hydrogen-bond acceptors (Lipinski definition) is 3. The number of methoxy groups -OCH3 is 1. The van der Waals surface area contributed by atoms with E-state index in [-0.39, 0.29) is 6.10 Å². The molecule has 0 saturated carbocycles. The summed E-state index contributed by atoms with van der Waals surface area (Å²) < 4.78 is 11.0. The van der Waals surface area contributed by atoms with Gasteiger partial charge in [-0.3, -0.25) is 4.79 Å². The van der Waals surface area contributed by atoms with Crippen molar-refractivity contribution in [3.8, 4) is 11.5 Å². The van der Waals surface area contributed by atoms with Crippen LogP contribution in [0.15, 0.2) is 30.4 Å². The zero-order valence-corrected chi connectivity index (χ0v) is 9.18. The molecule has 0 N–H and O–H groups in total. The highest BCUT2D eigenvalue weighted by atomic mass is 16.5. The molecule has 3 nitrogen and oxygen atoms in total. The number of rotatable bonds is 4. The van der Waals surface area contributed by atoms with E-state index in [1.54, 1.807) is 25.3 Å². The zero-order valence-electron chi connectivity index (χ0n) is 9.18. The van der Waals surface area contributed by atoms with E-state index in [1.165, 1.54) is 0 Å². The third-order valence-corrected chi connectivity index (χ3v) is 2.58. The number of ether oxygens (including phenoxy) is 2. The Hall–Kier alpha value is -1.77. The second-order valence-corrected chi connectivity index (χ2v) is 3.71. The molecule has 0 heterocycles. The quantitative estimate of drug-likeness (QED) is 0.575. The van der Waals surface area contributed by atoms with Crippen LogP contribution >= 0.6 is 0 Å². The SMILES string of the molecule is COc1ccc(C=O)cc1OC1CC=CC1. The van der Waals surface area contributed by atoms with E-state index < -0.39 is 0 Å². The van der Waals surface area contributed by atoms with Crippen molar-refractivity contribution in [1.29, 1.82) is 0 Å². The molecule has 16 heavy (non-hydrogen) atoms. The minimum atomic E-state index is 0.163. The van der Waals surface area contributed by atoms with Crippen LogP contribution in [0.5, 0.6) is 11.5 Å². The number of aldehydes is 1. The van der Waals surface area contributed by atoms with Crippen molar-refractivity contribution in [2.45, 2.75) is 18.9 Å². The maximum absolute atomic E-state index is 10.7. The van der Waals surface area contributed by atoms with Gasteiger partial charge in [0.2, 0.25) is 0 Å². The van der Waals surface area contributed by atoms with Gasteiger partial charge in [0.1, 0.15) is 12.4 Å². The average Bonchev–Trinajstić information content (AvgIpc) is 2.82. The van der Waals surface area contributed by atoms with Crippen LogP contribution in [0.3, 0.4) is 0 Å². The van der Waals surface area contributed by atoms with Crippen LogP contribution in [0.2, 0.25) is 0 Å². The van der Waals surface area contributed by atoms with E-state index in [0.717, 1.165) is 19.1 Å². The molecule has 0 radical (unpaired) electrons. The lowest BCUT2D eigenvalue weighted by atomic mass is 10.2. The van der Waals surface area contributed by atoms with Crippen molar-refractivity contribution >= 4 is 6.29 Å². The molecule has 0 unspecified atom stereocenters. The lowest BCUT2D eigenvalue weighted by molar-refractivity contribution is 0.112. The topological polar surface area (TPSA) is 35.5 Å². The lowest BCUT2D eigenvalue weighted by Crippen LogP contribution is -2.12. The van der Waals surface area contributed by atoms with E-state index >= 15 is 0 Å². The minimum Gasteiger partial charge on any atom is -0.493 e. The van der Waals surface area contributed by atoms with E-state index in [2.05, 4.69) is 12.2 Å². The Kier molecular flexibility index (Phi) is 3.25. The van der Waals surface area contributed by atoms with Crippen LogP contribution in [0.25, 0.3) is 0 Å². The van der Waals surface area contributed by atoms with Crippen LogP contribution in [0.4, 0.5) is 0 Å². The van der Waals surface area contributed by atoms with Crippen molar-refractivity contribution < 1.29 is 14.3 Å². The highest BCUT2D eigenvalue weighted by molar-refractivity contribution is 5.76. The first-order chi connectivity index (χ1) is 7.83. The van der Waals surface area contributed by atoms with Gasteiger partial charge in [-0.1, -0.05) is 12.2 Å². The van der Waals surface area contributed by atoms with Gasteiger partial charge in [-0.15, -0.1) is 0 Å². The number of carbonyl (C=O) groups excluding carboxylic acids is 1. The molecule has 1 aliphatic carbocycles. The third-order valence-electron chi connectivity index (χ3n) is 2.58. The predicted molar refractivity (Wildman–Crippen MR) is 61.2 cm³/mol. The van der Waals surface area contributed by atoms with Crippen molar-refractivity contribution in [3.63, 3.8) is 0 Å². The Morgan fingerprint density at radius 3 is 2.62 bits per heavy atom. The van der Waals surface area contributed by atoms with Gasteiger partial charge in [0.25, 0.3) is 0 Å². The molecule has 0 spiro atoms. The Morgan fingerprint density at radius 1 is 1.25 bits per heavy atom. The van der Waals surface area contributed by atoms with Crippen molar-refractivity contribution in [2.75, 3.05) is 7.11 Å². The fraction of sp³-hybridized carbons (Fsp3) is 0.308. The normalized spacial score (nSPS) is 15.1. The van der Waals surface area contributed by atoms with Crippen molar-refractivity contribution in [3.05, 3.63) is 35.9 Å². The summed E-state index contributed by atoms with van der Waals surface area (Å²) in [6, 6.07) is 5.18. The summed E-state index contributed by atoms with van der Waals surface area (Å²) in [4.78, 5) is 10.7. The fourth-order valence-electron chi connectivity index (χ4n) is 1.73. The first kappa shape index (κ1) is 10.7. The van der Waals surface area contributed by atoms with Crippen LogP contribution in [0.1, 0.15) is 23.2 Å². The minimum absolute atomic E-state index is 0.163. The first-order valence-electron chi connectivity index (χ1n) is 5.28. The largest absolute Gasteiger partial charge is 0.493 e. The maximum atomic E-state index is 10.7. The molecule has 1 aliphatic rings. The van der Waals surface area contributed by atoms with Gasteiger partial charge in [-0.05, 0) is 18.2 Å². The van der Waals surface area contributed by atoms with Gasteiger partial charge in [-0.25, -0.2) is 0 Å². The summed E-state index contributed by atoms with van der Waals surface area (Å²) in [7, 11) is 1.59. The monoisotopic (exact) mass is 218 g/mol. The molecule has 2 rings (SSSR count). The molecule has 0 amide bonds. The van der Waals surface area contributed by atoms with Gasteiger partial charge >= 0.3 is 0 Å². The third kappa shape index (κ3) is 2.24. The summed E-state index contributed by atoms with van der Waals surface area (Å²) >= 11 is 0. The standard InChI is InChI=1S/C13H14O3/c1-15-12-7-6-10(9-14)8-13(12)16-11-4-2-3-5-11/h2-3,6-9,11H,4-5H2,1H3. The second kappa shape index (κ2) is 4.84. The summed E-state index contributed by atoms with van der Waals surface area (Å²) in [5.74, 6) is 1.30. The van der Waals surface area contributed by atoms with Crippen molar-refractivity contribution in [1.82, 2.24) is 0 Å². The molecule has 1 aromatic rings. The van der Waals surface area contributed by atoms with E-state index in [0.29, 0.717) is 17.1 Å². The van der Waals surface area contributed by atoms with Gasteiger partial charge in [0, 0.05) is 18.4 Å². The highest BCUT2D eigenvalue weighted by Crippen LogP contribution is 2.30. The van der Waals surface area contributed by atoms with Crippen LogP contribution in [0, 0.1) is 0 Å². The van der Waals surface area contributed by atoms with E-state index in [1.807, 2.05) is 0 Å². The fourth-order valence-corrected chi connectivity index (χ4v) is 1.73. The van der Waals surface area contributed by atoms with Crippen molar-refractivity contribution in [2.24, 2.45) is 0 Å².